The van der Waals surface area contributed by atoms with E-state index in [1.54, 1.807) is 0 Å². The van der Waals surface area contributed by atoms with Gasteiger partial charge in [0.2, 0.25) is 5.75 Å². The normalized spacial score (nSPS) is 12.4. The number of hydrogen-bond acceptors (Lipinski definition) is 5. The molecule has 0 radical (unpaired) electrons. The molecule has 0 aliphatic heterocycles. The number of nitro groups is 1. The van der Waals surface area contributed by atoms with E-state index in [1.165, 1.54) is 0 Å². The van der Waals surface area contributed by atoms with E-state index in [0.717, 1.165) is 12.1 Å². The Morgan fingerprint density at radius 1 is 1.50 bits per heavy atom. The van der Waals surface area contributed by atoms with Crippen LogP contribution in [0.5, 0.6) is 11.5 Å². The number of phenols is 2. The lowest BCUT2D eigenvalue weighted by atomic mass is 10.0. The number of aromatic hydroxyl groups is 2. The number of halogens is 1. The molecule has 0 heterocycles. The molecule has 6 nitrogen and oxygen atoms in total. The fourth-order valence-electron chi connectivity index (χ4n) is 1.26. The summed E-state index contributed by atoms with van der Waals surface area (Å²) < 4.78 is 12.0. The molecule has 1 atom stereocenters. The van der Waals surface area contributed by atoms with Gasteiger partial charge in [0.15, 0.2) is 5.75 Å². The molecular weight excluding hydrogens is 219 g/mol. The van der Waals surface area contributed by atoms with Crippen molar-refractivity contribution in [2.75, 3.05) is 6.67 Å². The minimum atomic E-state index is -0.847. The summed E-state index contributed by atoms with van der Waals surface area (Å²) in [5.41, 5.74) is 5.10. The van der Waals surface area contributed by atoms with E-state index in [1.807, 2.05) is 0 Å². The lowest BCUT2D eigenvalue weighted by molar-refractivity contribution is -0.386. The highest BCUT2D eigenvalue weighted by molar-refractivity contribution is 5.56. The predicted molar refractivity (Wildman–Crippen MR) is 53.9 cm³/mol. The first-order valence-electron chi connectivity index (χ1n) is 4.49. The molecule has 0 bridgehead atoms. The number of alkyl halides is 1. The zero-order chi connectivity index (χ0) is 12.3. The van der Waals surface area contributed by atoms with Crippen LogP contribution in [0.3, 0.4) is 0 Å². The zero-order valence-electron chi connectivity index (χ0n) is 8.26. The van der Waals surface area contributed by atoms with Crippen LogP contribution in [0.2, 0.25) is 0 Å². The molecule has 0 aliphatic carbocycles. The summed E-state index contributed by atoms with van der Waals surface area (Å²) in [6, 6.07) is 1.35. The van der Waals surface area contributed by atoms with E-state index in [4.69, 9.17) is 5.73 Å². The molecule has 0 spiro atoms. The van der Waals surface area contributed by atoms with Gasteiger partial charge in [0.1, 0.15) is 0 Å². The first-order valence-corrected chi connectivity index (χ1v) is 4.49. The molecular formula is C9H11FN2O4. The summed E-state index contributed by atoms with van der Waals surface area (Å²) in [6.45, 7) is -0.670. The summed E-state index contributed by atoms with van der Waals surface area (Å²) in [5.74, 6) is -1.46. The van der Waals surface area contributed by atoms with Crippen molar-refractivity contribution in [2.24, 2.45) is 5.73 Å². The van der Waals surface area contributed by atoms with Crippen molar-refractivity contribution < 1.29 is 19.5 Å². The van der Waals surface area contributed by atoms with Crippen molar-refractivity contribution in [1.82, 2.24) is 0 Å². The number of nitrogens with zero attached hydrogens (tertiary/aromatic N) is 1. The van der Waals surface area contributed by atoms with Gasteiger partial charge in [-0.15, -0.1) is 0 Å². The summed E-state index contributed by atoms with van der Waals surface area (Å²) >= 11 is 0. The van der Waals surface area contributed by atoms with E-state index >= 15 is 0 Å². The standard InChI is InChI=1S/C9H11FN2O4/c10-2-1-6(11)5-3-7(12(15)16)9(14)8(13)4-5/h3-4,6,13-14H,1-2,11H2/t6-/m0/s1. The highest BCUT2D eigenvalue weighted by atomic mass is 19.1. The van der Waals surface area contributed by atoms with Crippen LogP contribution in [-0.2, 0) is 0 Å². The Labute approximate surface area is 90.3 Å². The number of nitro benzene ring substituents is 1. The van der Waals surface area contributed by atoms with Crippen molar-refractivity contribution in [1.29, 1.82) is 0 Å². The third-order valence-corrected chi connectivity index (χ3v) is 2.14. The molecule has 16 heavy (non-hydrogen) atoms. The van der Waals surface area contributed by atoms with E-state index in [9.17, 15) is 24.7 Å². The summed E-state index contributed by atoms with van der Waals surface area (Å²) in [7, 11) is 0. The summed E-state index contributed by atoms with van der Waals surface area (Å²) in [5, 5.41) is 29.0. The molecule has 88 valence electrons. The Kier molecular flexibility index (Phi) is 3.62. The van der Waals surface area contributed by atoms with Crippen molar-refractivity contribution in [3.05, 3.63) is 27.8 Å². The van der Waals surface area contributed by atoms with Gasteiger partial charge in [-0.25, -0.2) is 0 Å². The Morgan fingerprint density at radius 3 is 2.62 bits per heavy atom. The van der Waals surface area contributed by atoms with Gasteiger partial charge in [0, 0.05) is 12.1 Å². The van der Waals surface area contributed by atoms with E-state index in [2.05, 4.69) is 0 Å². The Bertz CT molecular complexity index is 411. The fraction of sp³-hybridized carbons (Fsp3) is 0.333. The summed E-state index contributed by atoms with van der Waals surface area (Å²) in [6.07, 6.45) is -0.0125. The second-order valence-corrected chi connectivity index (χ2v) is 3.25. The average molecular weight is 230 g/mol. The maximum atomic E-state index is 12.0. The van der Waals surface area contributed by atoms with Crippen LogP contribution in [0, 0.1) is 10.1 Å². The molecule has 1 rings (SSSR count). The minimum Gasteiger partial charge on any atom is -0.504 e. The van der Waals surface area contributed by atoms with Crippen molar-refractivity contribution in [2.45, 2.75) is 12.5 Å². The molecule has 4 N–H and O–H groups in total. The lowest BCUT2D eigenvalue weighted by Crippen LogP contribution is -2.11. The second-order valence-electron chi connectivity index (χ2n) is 3.25. The minimum absolute atomic E-state index is 0.0125. The fourth-order valence-corrected chi connectivity index (χ4v) is 1.26. The Balaban J connectivity index is 3.18. The highest BCUT2D eigenvalue weighted by Gasteiger charge is 2.20. The molecule has 1 aromatic carbocycles. The quantitative estimate of drug-likeness (QED) is 0.411. The second kappa shape index (κ2) is 4.75. The number of rotatable bonds is 4. The van der Waals surface area contributed by atoms with E-state index in [0.29, 0.717) is 0 Å². The lowest BCUT2D eigenvalue weighted by Gasteiger charge is -2.10. The van der Waals surface area contributed by atoms with Crippen molar-refractivity contribution in [3.8, 4) is 11.5 Å². The smallest absolute Gasteiger partial charge is 0.314 e. The first kappa shape index (κ1) is 12.2. The molecule has 0 aromatic heterocycles. The van der Waals surface area contributed by atoms with Crippen LogP contribution < -0.4 is 5.73 Å². The maximum Gasteiger partial charge on any atom is 0.314 e. The van der Waals surface area contributed by atoms with Gasteiger partial charge < -0.3 is 15.9 Å². The van der Waals surface area contributed by atoms with Gasteiger partial charge in [0.25, 0.3) is 0 Å². The molecule has 0 amide bonds. The number of phenolic OH excluding ortho intramolecular Hbond substituents is 2. The molecule has 0 saturated carbocycles. The average Bonchev–Trinajstić information content (AvgIpc) is 2.21. The van der Waals surface area contributed by atoms with Crippen molar-refractivity contribution in [3.63, 3.8) is 0 Å². The van der Waals surface area contributed by atoms with Gasteiger partial charge in [-0.2, -0.15) is 0 Å². The molecule has 0 fully saturated rings. The predicted octanol–water partition coefficient (Wildman–Crippen LogP) is 1.37. The first-order chi connectivity index (χ1) is 7.47. The van der Waals surface area contributed by atoms with Gasteiger partial charge in [-0.05, 0) is 18.1 Å². The van der Waals surface area contributed by atoms with Crippen molar-refractivity contribution >= 4 is 5.69 Å². The molecule has 0 aliphatic rings. The Morgan fingerprint density at radius 2 is 2.12 bits per heavy atom. The number of hydrogen-bond donors (Lipinski definition) is 3. The van der Waals surface area contributed by atoms with E-state index < -0.39 is 34.8 Å². The van der Waals surface area contributed by atoms with Gasteiger partial charge >= 0.3 is 5.69 Å². The monoisotopic (exact) mass is 230 g/mol. The molecule has 0 saturated heterocycles. The van der Waals surface area contributed by atoms with Crippen LogP contribution in [-0.4, -0.2) is 21.8 Å². The van der Waals surface area contributed by atoms with Crippen LogP contribution in [0.4, 0.5) is 10.1 Å². The largest absolute Gasteiger partial charge is 0.504 e. The molecule has 1 aromatic rings. The number of benzene rings is 1. The van der Waals surface area contributed by atoms with E-state index in [-0.39, 0.29) is 12.0 Å². The maximum absolute atomic E-state index is 12.0. The molecule has 7 heteroatoms. The SMILES string of the molecule is N[C@@H](CCF)c1cc(O)c(O)c([N+](=O)[O-])c1. The summed E-state index contributed by atoms with van der Waals surface area (Å²) in [4.78, 5) is 9.68. The Hall–Kier alpha value is -1.89. The van der Waals surface area contributed by atoms with Gasteiger partial charge in [0.05, 0.1) is 11.6 Å². The van der Waals surface area contributed by atoms with Gasteiger partial charge in [-0.1, -0.05) is 0 Å². The molecule has 0 unspecified atom stereocenters. The zero-order valence-corrected chi connectivity index (χ0v) is 8.26. The van der Waals surface area contributed by atoms with Crippen LogP contribution in [0.25, 0.3) is 0 Å². The number of nitrogens with two attached hydrogens (primary N) is 1. The third kappa shape index (κ3) is 2.37. The third-order valence-electron chi connectivity index (χ3n) is 2.14. The van der Waals surface area contributed by atoms with Crippen LogP contribution >= 0.6 is 0 Å². The van der Waals surface area contributed by atoms with Crippen LogP contribution in [0.15, 0.2) is 12.1 Å². The van der Waals surface area contributed by atoms with Gasteiger partial charge in [-0.3, -0.25) is 14.5 Å². The topological polar surface area (TPSA) is 110 Å². The van der Waals surface area contributed by atoms with Crippen LogP contribution in [0.1, 0.15) is 18.0 Å². The highest BCUT2D eigenvalue weighted by Crippen LogP contribution is 2.37.